The van der Waals surface area contributed by atoms with Gasteiger partial charge in [0.05, 0.1) is 19.3 Å². The quantitative estimate of drug-likeness (QED) is 0.714. The summed E-state index contributed by atoms with van der Waals surface area (Å²) in [4.78, 5) is 16.1. The van der Waals surface area contributed by atoms with E-state index in [1.165, 1.54) is 17.0 Å². The summed E-state index contributed by atoms with van der Waals surface area (Å²) < 4.78 is 39.1. The normalized spacial score (nSPS) is 18.7. The third-order valence-electron chi connectivity index (χ3n) is 5.66. The highest BCUT2D eigenvalue weighted by Crippen LogP contribution is 2.41. The average Bonchev–Trinajstić information content (AvgIpc) is 2.77. The first-order valence-electron chi connectivity index (χ1n) is 10.8. The first kappa shape index (κ1) is 23.0. The smallest absolute Gasteiger partial charge is 0.253 e. The van der Waals surface area contributed by atoms with Gasteiger partial charge < -0.3 is 29.7 Å². The number of anilines is 1. The Kier molecular flexibility index (Phi) is 6.53. The number of nitrogens with zero attached hydrogens (tertiary/aromatic N) is 2. The second-order valence-corrected chi connectivity index (χ2v) is 8.36. The Morgan fingerprint density at radius 1 is 1.15 bits per heavy atom. The lowest BCUT2D eigenvalue weighted by Gasteiger charge is -2.35. The maximum atomic E-state index is 13.7. The molecule has 1 fully saturated rings. The zero-order chi connectivity index (χ0) is 23.7. The molecule has 2 aliphatic rings. The number of morpholine rings is 1. The predicted octanol–water partition coefficient (Wildman–Crippen LogP) is 3.44. The molecule has 1 saturated heterocycles. The van der Waals surface area contributed by atoms with Gasteiger partial charge in [0.15, 0.2) is 5.88 Å². The first-order valence-corrected chi connectivity index (χ1v) is 10.8. The van der Waals surface area contributed by atoms with Gasteiger partial charge in [-0.05, 0) is 31.2 Å². The summed E-state index contributed by atoms with van der Waals surface area (Å²) in [5.41, 5.74) is 1.66. The highest BCUT2D eigenvalue weighted by molar-refractivity contribution is 5.94. The molecule has 0 bridgehead atoms. The fraction of sp³-hybridized carbons (Fsp3) is 0.375. The molecule has 0 radical (unpaired) electrons. The van der Waals surface area contributed by atoms with Gasteiger partial charge >= 0.3 is 0 Å². The van der Waals surface area contributed by atoms with Crippen molar-refractivity contribution in [1.82, 2.24) is 9.80 Å². The summed E-state index contributed by atoms with van der Waals surface area (Å²) >= 11 is 0. The van der Waals surface area contributed by atoms with Crippen molar-refractivity contribution in [2.75, 3.05) is 45.7 Å². The van der Waals surface area contributed by atoms with Crippen molar-refractivity contribution in [3.05, 3.63) is 70.6 Å². The number of fused-ring (bicyclic) bond motifs is 1. The SMILES string of the molecule is C[C@@H](Nc1cc(F)cc(F)c1)c1cc(C(=O)N(C)C)cc2c1OC(N1CCOCC1)=CC2O. The van der Waals surface area contributed by atoms with Crippen LogP contribution in [0.5, 0.6) is 5.75 Å². The molecule has 2 aliphatic heterocycles. The Morgan fingerprint density at radius 2 is 1.82 bits per heavy atom. The van der Waals surface area contributed by atoms with Crippen LogP contribution in [-0.2, 0) is 4.74 Å². The second-order valence-electron chi connectivity index (χ2n) is 8.36. The van der Waals surface area contributed by atoms with Gasteiger partial charge in [0.25, 0.3) is 5.91 Å². The van der Waals surface area contributed by atoms with Crippen molar-refractivity contribution < 1.29 is 28.2 Å². The van der Waals surface area contributed by atoms with Gasteiger partial charge in [0.1, 0.15) is 23.5 Å². The van der Waals surface area contributed by atoms with Crippen molar-refractivity contribution in [2.24, 2.45) is 0 Å². The lowest BCUT2D eigenvalue weighted by atomic mass is 9.94. The van der Waals surface area contributed by atoms with E-state index in [2.05, 4.69) is 5.32 Å². The fourth-order valence-corrected chi connectivity index (χ4v) is 4.00. The number of halogens is 2. The maximum absolute atomic E-state index is 13.7. The number of rotatable bonds is 5. The lowest BCUT2D eigenvalue weighted by Crippen LogP contribution is -2.38. The summed E-state index contributed by atoms with van der Waals surface area (Å²) in [6.45, 7) is 4.14. The van der Waals surface area contributed by atoms with Gasteiger partial charge in [-0.25, -0.2) is 8.78 Å². The van der Waals surface area contributed by atoms with Crippen molar-refractivity contribution in [1.29, 1.82) is 0 Å². The van der Waals surface area contributed by atoms with Crippen LogP contribution >= 0.6 is 0 Å². The molecule has 0 aromatic heterocycles. The van der Waals surface area contributed by atoms with Crippen LogP contribution in [-0.4, -0.2) is 61.2 Å². The summed E-state index contributed by atoms with van der Waals surface area (Å²) in [5, 5.41) is 14.0. The van der Waals surface area contributed by atoms with E-state index in [-0.39, 0.29) is 11.6 Å². The minimum Gasteiger partial charge on any atom is -0.441 e. The summed E-state index contributed by atoms with van der Waals surface area (Å²) in [6, 6.07) is 5.99. The first-order chi connectivity index (χ1) is 15.7. The van der Waals surface area contributed by atoms with E-state index in [0.717, 1.165) is 6.07 Å². The van der Waals surface area contributed by atoms with Gasteiger partial charge in [0.2, 0.25) is 0 Å². The molecule has 176 valence electrons. The third kappa shape index (κ3) is 4.94. The molecule has 2 atom stereocenters. The molecule has 33 heavy (non-hydrogen) atoms. The number of hydrogen-bond donors (Lipinski definition) is 2. The number of hydrogen-bond acceptors (Lipinski definition) is 6. The van der Waals surface area contributed by atoms with Gasteiger partial charge in [-0.1, -0.05) is 0 Å². The Bertz CT molecular complexity index is 1060. The van der Waals surface area contributed by atoms with Crippen LogP contribution in [0.4, 0.5) is 14.5 Å². The fourth-order valence-electron chi connectivity index (χ4n) is 4.00. The van der Waals surface area contributed by atoms with Crippen molar-refractivity contribution in [3.8, 4) is 5.75 Å². The summed E-state index contributed by atoms with van der Waals surface area (Å²) in [5.74, 6) is -0.716. The van der Waals surface area contributed by atoms with E-state index in [9.17, 15) is 18.7 Å². The number of aliphatic hydroxyl groups is 1. The second kappa shape index (κ2) is 9.36. The molecule has 2 N–H and O–H groups in total. The highest BCUT2D eigenvalue weighted by atomic mass is 19.1. The van der Waals surface area contributed by atoms with E-state index >= 15 is 0 Å². The largest absolute Gasteiger partial charge is 0.441 e. The van der Waals surface area contributed by atoms with Crippen LogP contribution in [0, 0.1) is 11.6 Å². The third-order valence-corrected chi connectivity index (χ3v) is 5.66. The minimum atomic E-state index is -0.987. The topological polar surface area (TPSA) is 74.3 Å². The van der Waals surface area contributed by atoms with Crippen LogP contribution in [0.2, 0.25) is 0 Å². The molecular weight excluding hydrogens is 432 g/mol. The summed E-state index contributed by atoms with van der Waals surface area (Å²) in [7, 11) is 3.28. The van der Waals surface area contributed by atoms with E-state index in [1.807, 2.05) is 4.90 Å². The van der Waals surface area contributed by atoms with E-state index in [4.69, 9.17) is 9.47 Å². The minimum absolute atomic E-state index is 0.238. The number of ether oxygens (including phenoxy) is 2. The Hall–Kier alpha value is -3.17. The molecule has 2 heterocycles. The molecule has 0 saturated carbocycles. The molecule has 7 nitrogen and oxygen atoms in total. The highest BCUT2D eigenvalue weighted by Gasteiger charge is 2.30. The standard InChI is InChI=1S/C24H27F2N3O4/c1-14(27-18-11-16(25)10-17(26)12-18)19-8-15(24(31)28(2)3)9-20-21(30)13-22(33-23(19)20)29-4-6-32-7-5-29/h8-14,21,27,30H,4-7H2,1-3H3/t14-,21?/m1/s1. The van der Waals surface area contributed by atoms with E-state index in [0.29, 0.717) is 54.6 Å². The zero-order valence-electron chi connectivity index (χ0n) is 18.8. The average molecular weight is 459 g/mol. The van der Waals surface area contributed by atoms with Crippen LogP contribution in [0.25, 0.3) is 0 Å². The van der Waals surface area contributed by atoms with Crippen LogP contribution < -0.4 is 10.1 Å². The van der Waals surface area contributed by atoms with Gasteiger partial charge in [-0.2, -0.15) is 0 Å². The Morgan fingerprint density at radius 3 is 2.45 bits per heavy atom. The monoisotopic (exact) mass is 459 g/mol. The van der Waals surface area contributed by atoms with E-state index < -0.39 is 23.8 Å². The summed E-state index contributed by atoms with van der Waals surface area (Å²) in [6.07, 6.45) is 0.626. The molecule has 1 unspecified atom stereocenters. The maximum Gasteiger partial charge on any atom is 0.253 e. The molecule has 9 heteroatoms. The predicted molar refractivity (Wildman–Crippen MR) is 119 cm³/mol. The molecule has 4 rings (SSSR count). The molecule has 1 amide bonds. The van der Waals surface area contributed by atoms with Gasteiger partial charge in [0, 0.05) is 61.7 Å². The van der Waals surface area contributed by atoms with Crippen molar-refractivity contribution >= 4 is 11.6 Å². The van der Waals surface area contributed by atoms with Crippen LogP contribution in [0.15, 0.2) is 42.3 Å². The Balaban J connectivity index is 1.74. The molecule has 0 aliphatic carbocycles. The molecule has 2 aromatic carbocycles. The van der Waals surface area contributed by atoms with Gasteiger partial charge in [-0.15, -0.1) is 0 Å². The Labute approximate surface area is 191 Å². The van der Waals surface area contributed by atoms with Crippen molar-refractivity contribution in [2.45, 2.75) is 19.1 Å². The van der Waals surface area contributed by atoms with Crippen molar-refractivity contribution in [3.63, 3.8) is 0 Å². The number of carbonyl (C=O) groups excluding carboxylic acids is 1. The zero-order valence-corrected chi connectivity index (χ0v) is 18.8. The molecular formula is C24H27F2N3O4. The number of nitrogens with one attached hydrogen (secondary N) is 1. The molecule has 0 spiro atoms. The number of benzene rings is 2. The van der Waals surface area contributed by atoms with E-state index in [1.54, 1.807) is 39.2 Å². The molecule has 2 aromatic rings. The number of carbonyl (C=O) groups is 1. The lowest BCUT2D eigenvalue weighted by molar-refractivity contribution is 0.0308. The van der Waals surface area contributed by atoms with Crippen LogP contribution in [0.1, 0.15) is 40.6 Å². The van der Waals surface area contributed by atoms with Gasteiger partial charge in [-0.3, -0.25) is 4.79 Å². The number of amides is 1. The number of aliphatic hydroxyl groups excluding tert-OH is 1. The van der Waals surface area contributed by atoms with Crippen LogP contribution in [0.3, 0.4) is 0 Å².